The number of rotatable bonds is 6. The van der Waals surface area contributed by atoms with Gasteiger partial charge in [0, 0.05) is 11.3 Å². The summed E-state index contributed by atoms with van der Waals surface area (Å²) in [5.74, 6) is -0.0554. The first-order valence-corrected chi connectivity index (χ1v) is 11.7. The molecule has 0 aliphatic carbocycles. The zero-order chi connectivity index (χ0) is 22.7. The van der Waals surface area contributed by atoms with Crippen LogP contribution in [-0.2, 0) is 9.26 Å². The number of aliphatic hydroxyl groups excluding tert-OH is 2. The average molecular weight is 453 g/mol. The smallest absolute Gasteiger partial charge is 0.285 e. The molecule has 13 nitrogen and oxygen atoms in total. The molecule has 2 saturated heterocycles. The summed E-state index contributed by atoms with van der Waals surface area (Å²) >= 11 is 0. The average Bonchev–Trinajstić information content (AvgIpc) is 3.00. The van der Waals surface area contributed by atoms with Crippen LogP contribution < -0.4 is 5.73 Å². The van der Waals surface area contributed by atoms with Crippen LogP contribution in [0.25, 0.3) is 21.6 Å². The molecule has 4 heterocycles. The second-order valence-corrected chi connectivity index (χ2v) is 11.8. The van der Waals surface area contributed by atoms with Crippen molar-refractivity contribution in [2.75, 3.05) is 5.73 Å². The number of fused-ring (bicyclic) bond motifs is 1. The van der Waals surface area contributed by atoms with E-state index in [1.165, 1.54) is 10.9 Å². The van der Waals surface area contributed by atoms with Gasteiger partial charge in [0.1, 0.15) is 24.1 Å². The van der Waals surface area contributed by atoms with Crippen LogP contribution in [0.15, 0.2) is 11.4 Å². The van der Waals surface area contributed by atoms with Gasteiger partial charge in [-0.15, -0.1) is 0 Å². The number of imidazole rings is 1. The predicted octanol–water partition coefficient (Wildman–Crippen LogP) is 1.79. The van der Waals surface area contributed by atoms with Gasteiger partial charge in [0.05, 0.1) is 6.10 Å². The highest BCUT2D eigenvalue weighted by Crippen LogP contribution is 2.82. The van der Waals surface area contributed by atoms with E-state index < -0.39 is 37.9 Å². The first-order valence-electron chi connectivity index (χ1n) is 9.87. The van der Waals surface area contributed by atoms with E-state index in [1.807, 2.05) is 27.7 Å². The van der Waals surface area contributed by atoms with E-state index in [0.29, 0.717) is 0 Å². The second kappa shape index (κ2) is 7.49. The minimum absolute atomic E-state index is 0.0714. The Kier molecular flexibility index (Phi) is 5.34. The molecule has 2 aromatic heterocycles. The fourth-order valence-electron chi connectivity index (χ4n) is 4.09. The molecule has 0 aromatic carbocycles. The summed E-state index contributed by atoms with van der Waals surface area (Å²) in [6.07, 6.45) is -3.15. The van der Waals surface area contributed by atoms with Crippen molar-refractivity contribution in [3.8, 4) is 0 Å². The van der Waals surface area contributed by atoms with Crippen LogP contribution >= 0.6 is 7.72 Å². The number of anilines is 1. The fourth-order valence-corrected chi connectivity index (χ4v) is 6.90. The number of hydrogen-bond donors (Lipinski definition) is 4. The molecule has 168 valence electrons. The normalized spacial score (nSPS) is 35.3. The Balaban J connectivity index is 1.62. The summed E-state index contributed by atoms with van der Waals surface area (Å²) in [6.45, 7) is 7.52. The van der Waals surface area contributed by atoms with Crippen molar-refractivity contribution in [1.82, 2.24) is 19.5 Å². The molecule has 0 saturated carbocycles. The van der Waals surface area contributed by atoms with E-state index in [0.717, 1.165) is 0 Å². The minimum Gasteiger partial charge on any atom is -0.388 e. The van der Waals surface area contributed by atoms with Crippen molar-refractivity contribution in [1.29, 1.82) is 0 Å². The molecule has 0 spiro atoms. The topological polar surface area (TPSA) is 198 Å². The van der Waals surface area contributed by atoms with Crippen LogP contribution in [0.5, 0.6) is 0 Å². The number of ether oxygens (including phenoxy) is 1. The lowest BCUT2D eigenvalue weighted by atomic mass is 9.97. The number of nitrogens with two attached hydrogens (primary N) is 1. The van der Waals surface area contributed by atoms with Gasteiger partial charge in [0.15, 0.2) is 34.5 Å². The van der Waals surface area contributed by atoms with Crippen molar-refractivity contribution in [2.45, 2.75) is 75.6 Å². The predicted molar refractivity (Wildman–Crippen MR) is 112 cm³/mol. The van der Waals surface area contributed by atoms with Crippen molar-refractivity contribution in [2.24, 2.45) is 5.11 Å². The summed E-state index contributed by atoms with van der Waals surface area (Å²) in [5.41, 5.74) is 14.5. The van der Waals surface area contributed by atoms with Gasteiger partial charge in [-0.2, -0.15) is 0 Å². The van der Waals surface area contributed by atoms with Gasteiger partial charge in [0.2, 0.25) is 5.95 Å². The molecule has 6 atom stereocenters. The molecule has 0 amide bonds. The first-order chi connectivity index (χ1) is 14.5. The Hall–Kier alpha value is -2.11. The highest BCUT2D eigenvalue weighted by Gasteiger charge is 2.74. The van der Waals surface area contributed by atoms with Gasteiger partial charge >= 0.3 is 0 Å². The summed E-state index contributed by atoms with van der Waals surface area (Å²) in [4.78, 5) is 25.6. The Morgan fingerprint density at radius 1 is 1.32 bits per heavy atom. The number of nitrogen functional groups attached to an aromatic ring is 1. The summed E-state index contributed by atoms with van der Waals surface area (Å²) in [5, 5.41) is 25.0. The Bertz CT molecular complexity index is 1050. The molecule has 4 rings (SSSR count). The van der Waals surface area contributed by atoms with Crippen LogP contribution in [0.4, 0.5) is 11.8 Å². The van der Waals surface area contributed by atoms with Gasteiger partial charge in [0.25, 0.3) is 7.72 Å². The minimum atomic E-state index is -2.48. The number of hydrogen-bond acceptors (Lipinski definition) is 10. The Labute approximate surface area is 178 Å². The van der Waals surface area contributed by atoms with Crippen molar-refractivity contribution in [3.63, 3.8) is 0 Å². The number of nitrogens with zero attached hydrogens (tertiary/aromatic N) is 7. The molecular weight excluding hydrogens is 427 g/mol. The third-order valence-corrected chi connectivity index (χ3v) is 9.75. The lowest BCUT2D eigenvalue weighted by Crippen LogP contribution is -2.37. The van der Waals surface area contributed by atoms with Gasteiger partial charge in [-0.1, -0.05) is 0 Å². The highest BCUT2D eigenvalue weighted by atomic mass is 31.2. The molecule has 2 aliphatic heterocycles. The van der Waals surface area contributed by atoms with Crippen LogP contribution in [0.3, 0.4) is 0 Å². The largest absolute Gasteiger partial charge is 0.388 e. The lowest BCUT2D eigenvalue weighted by molar-refractivity contribution is -0.0582. The number of aromatic nitrogens is 4. The quantitative estimate of drug-likeness (QED) is 0.218. The maximum absolute atomic E-state index is 10.7. The molecule has 0 bridgehead atoms. The standard InChI is InChI=1S/C17H26N8O5P/c1-7-8(2)31(7,28)30-17(3,4)5-9-11(26)12(27)15(29-9)25-14-10(13(18)20-6-21-14)22-16(25)23-24-19/h6-9,11-12,15,26-28H,5H2,1-4H3,(H2,18,20,21)/q+1/t7?,8?,9-,11-,12-,15+,31?/m1/s1. The van der Waals surface area contributed by atoms with Gasteiger partial charge in [-0.25, -0.2) is 24.4 Å². The Morgan fingerprint density at radius 2 is 2.00 bits per heavy atom. The molecule has 14 heteroatoms. The zero-order valence-corrected chi connectivity index (χ0v) is 18.5. The third-order valence-electron chi connectivity index (χ3n) is 6.07. The van der Waals surface area contributed by atoms with E-state index >= 15 is 0 Å². The van der Waals surface area contributed by atoms with Crippen molar-refractivity contribution < 1.29 is 24.4 Å². The van der Waals surface area contributed by atoms with Crippen molar-refractivity contribution in [3.05, 3.63) is 16.8 Å². The lowest BCUT2D eigenvalue weighted by Gasteiger charge is -2.27. The van der Waals surface area contributed by atoms with E-state index in [9.17, 15) is 15.1 Å². The van der Waals surface area contributed by atoms with E-state index in [2.05, 4.69) is 25.0 Å². The van der Waals surface area contributed by atoms with Crippen LogP contribution in [-0.4, -0.2) is 69.9 Å². The molecule has 2 aliphatic rings. The monoisotopic (exact) mass is 453 g/mol. The van der Waals surface area contributed by atoms with Gasteiger partial charge < -0.3 is 20.7 Å². The zero-order valence-electron chi connectivity index (χ0n) is 17.6. The van der Waals surface area contributed by atoms with E-state index in [4.69, 9.17) is 20.5 Å². The van der Waals surface area contributed by atoms with Gasteiger partial charge in [-0.3, -0.25) is 4.57 Å². The van der Waals surface area contributed by atoms with E-state index in [1.54, 1.807) is 0 Å². The maximum atomic E-state index is 10.7. The Morgan fingerprint density at radius 3 is 2.61 bits per heavy atom. The third kappa shape index (κ3) is 3.62. The number of azide groups is 1. The van der Waals surface area contributed by atoms with Crippen molar-refractivity contribution >= 4 is 30.6 Å². The molecule has 0 radical (unpaired) electrons. The molecule has 5 N–H and O–H groups in total. The van der Waals surface area contributed by atoms with Crippen LogP contribution in [0, 0.1) is 0 Å². The van der Waals surface area contributed by atoms with Gasteiger partial charge in [-0.05, 0) is 38.3 Å². The second-order valence-electron chi connectivity index (χ2n) is 8.66. The highest BCUT2D eigenvalue weighted by molar-refractivity contribution is 7.74. The molecule has 2 aromatic rings. The maximum Gasteiger partial charge on any atom is 0.285 e. The summed E-state index contributed by atoms with van der Waals surface area (Å²) in [7, 11) is -2.48. The summed E-state index contributed by atoms with van der Waals surface area (Å²) < 4.78 is 13.3. The molecular formula is C17H26N8O5P+. The van der Waals surface area contributed by atoms with Crippen LogP contribution in [0.2, 0.25) is 0 Å². The first kappa shape index (κ1) is 22.1. The molecule has 2 unspecified atom stereocenters. The fraction of sp³-hybridized carbons (Fsp3) is 0.706. The summed E-state index contributed by atoms with van der Waals surface area (Å²) in [6, 6.07) is 0. The molecule has 2 fully saturated rings. The SMILES string of the molecule is CC1C(C)[P+]1(O)OC(C)(C)C[C@H]1O[C@H](n2c(N=[N+]=[N-])nc3c(N)ncnc32)[C@H](O)[C@@H]1O. The molecule has 31 heavy (non-hydrogen) atoms. The number of aliphatic hydroxyl groups is 2. The van der Waals surface area contributed by atoms with E-state index in [-0.39, 0.29) is 40.7 Å². The van der Waals surface area contributed by atoms with Crippen LogP contribution in [0.1, 0.15) is 40.3 Å².